The first-order valence-electron chi connectivity index (χ1n) is 6.54. The van der Waals surface area contributed by atoms with E-state index in [4.69, 9.17) is 0 Å². The van der Waals surface area contributed by atoms with Crippen molar-refractivity contribution < 1.29 is 4.79 Å². The van der Waals surface area contributed by atoms with E-state index in [0.717, 1.165) is 18.3 Å². The summed E-state index contributed by atoms with van der Waals surface area (Å²) in [5, 5.41) is 0. The van der Waals surface area contributed by atoms with Crippen LogP contribution in [0.25, 0.3) is 0 Å². The molecule has 3 rings (SSSR count). The summed E-state index contributed by atoms with van der Waals surface area (Å²) in [6.45, 7) is 4.49. The maximum atomic E-state index is 10.9. The Balaban J connectivity index is 2.22. The van der Waals surface area contributed by atoms with Crippen molar-refractivity contribution in [1.82, 2.24) is 0 Å². The van der Waals surface area contributed by atoms with Gasteiger partial charge in [-0.15, -0.1) is 0 Å². The second kappa shape index (κ2) is 3.71. The number of rotatable bonds is 1. The molecule has 2 atom stereocenters. The minimum atomic E-state index is 0.135. The van der Waals surface area contributed by atoms with E-state index in [1.165, 1.54) is 22.3 Å². The van der Waals surface area contributed by atoms with E-state index in [2.05, 4.69) is 46.0 Å². The van der Waals surface area contributed by atoms with Crippen LogP contribution in [-0.2, 0) is 5.41 Å². The van der Waals surface area contributed by atoms with Gasteiger partial charge in [0.05, 0.1) is 0 Å². The molecule has 1 nitrogen and oxygen atoms in total. The van der Waals surface area contributed by atoms with Crippen LogP contribution in [0, 0.1) is 0 Å². The average Bonchev–Trinajstić information content (AvgIpc) is 2.60. The van der Waals surface area contributed by atoms with Gasteiger partial charge in [0.2, 0.25) is 0 Å². The normalized spacial score (nSPS) is 29.1. The van der Waals surface area contributed by atoms with Crippen LogP contribution in [0.2, 0.25) is 0 Å². The Labute approximate surface area is 109 Å². The molecule has 0 bridgehead atoms. The summed E-state index contributed by atoms with van der Waals surface area (Å²) in [4.78, 5) is 10.9. The highest BCUT2D eigenvalue weighted by atomic mass is 16.1. The van der Waals surface area contributed by atoms with Gasteiger partial charge in [0.15, 0.2) is 0 Å². The van der Waals surface area contributed by atoms with E-state index in [1.807, 2.05) is 6.07 Å². The van der Waals surface area contributed by atoms with Crippen LogP contribution < -0.4 is 0 Å². The fourth-order valence-electron chi connectivity index (χ4n) is 3.50. The number of fused-ring (bicyclic) bond motifs is 3. The third-order valence-corrected chi connectivity index (χ3v) is 4.59. The van der Waals surface area contributed by atoms with Crippen molar-refractivity contribution in [3.8, 4) is 0 Å². The van der Waals surface area contributed by atoms with E-state index in [1.54, 1.807) is 0 Å². The number of hydrogen-bond donors (Lipinski definition) is 0. The first kappa shape index (κ1) is 11.5. The zero-order valence-corrected chi connectivity index (χ0v) is 11.2. The van der Waals surface area contributed by atoms with Crippen molar-refractivity contribution in [2.24, 2.45) is 0 Å². The van der Waals surface area contributed by atoms with E-state index < -0.39 is 0 Å². The Kier molecular flexibility index (Phi) is 2.38. The van der Waals surface area contributed by atoms with E-state index >= 15 is 0 Å². The van der Waals surface area contributed by atoms with E-state index in [0.29, 0.717) is 5.82 Å². The molecule has 2 unspecified atom stereocenters. The number of allylic oxidation sites excluding steroid dienone is 4. The van der Waals surface area contributed by atoms with Crippen LogP contribution >= 0.6 is 0 Å². The Morgan fingerprint density at radius 3 is 2.94 bits per heavy atom. The molecule has 0 aromatic heterocycles. The summed E-state index contributed by atoms with van der Waals surface area (Å²) >= 11 is 0. The summed E-state index contributed by atoms with van der Waals surface area (Å²) in [6, 6.07) is 6.15. The van der Waals surface area contributed by atoms with Crippen molar-refractivity contribution in [3.05, 3.63) is 58.2 Å². The van der Waals surface area contributed by atoms with Crippen LogP contribution in [0.5, 0.6) is 0 Å². The lowest BCUT2D eigenvalue weighted by molar-refractivity contribution is 0.112. The van der Waals surface area contributed by atoms with Crippen molar-refractivity contribution in [3.63, 3.8) is 0 Å². The summed E-state index contributed by atoms with van der Waals surface area (Å²) in [5.41, 5.74) is 6.51. The molecule has 90 valence electrons. The minimum Gasteiger partial charge on any atom is -0.298 e. The highest BCUT2D eigenvalue weighted by Crippen LogP contribution is 2.53. The summed E-state index contributed by atoms with van der Waals surface area (Å²) in [5.74, 6) is 0.425. The number of carbonyl (C=O) groups excluding carboxylic acids is 1. The van der Waals surface area contributed by atoms with Gasteiger partial charge in [-0.3, -0.25) is 4.79 Å². The van der Waals surface area contributed by atoms with Gasteiger partial charge in [0, 0.05) is 11.0 Å². The van der Waals surface area contributed by atoms with Crippen molar-refractivity contribution in [1.29, 1.82) is 0 Å². The zero-order valence-electron chi connectivity index (χ0n) is 11.2. The molecular formula is C16H17BO. The maximum Gasteiger partial charge on any atom is 0.150 e. The quantitative estimate of drug-likeness (QED) is 0.541. The Morgan fingerprint density at radius 2 is 2.22 bits per heavy atom. The number of benzene rings is 1. The third-order valence-electron chi connectivity index (χ3n) is 4.59. The lowest BCUT2D eigenvalue weighted by atomic mass is 9.69. The molecule has 18 heavy (non-hydrogen) atoms. The Hall–Kier alpha value is -1.57. The maximum absolute atomic E-state index is 10.9. The monoisotopic (exact) mass is 236 g/mol. The smallest absolute Gasteiger partial charge is 0.150 e. The molecule has 1 aromatic carbocycles. The average molecular weight is 236 g/mol. The summed E-state index contributed by atoms with van der Waals surface area (Å²) in [6.07, 6.45) is 6.66. The van der Waals surface area contributed by atoms with Gasteiger partial charge in [-0.2, -0.15) is 0 Å². The fraction of sp³-hybridized carbons (Fsp3) is 0.312. The molecule has 0 saturated carbocycles. The van der Waals surface area contributed by atoms with Gasteiger partial charge in [0.25, 0.3) is 0 Å². The molecule has 2 aliphatic rings. The SMILES string of the molecule is BC1C2=CC(C)=CCC2(C)c2ccc(C=O)cc21. The molecule has 0 N–H and O–H groups in total. The molecule has 0 radical (unpaired) electrons. The van der Waals surface area contributed by atoms with Crippen molar-refractivity contribution in [2.75, 3.05) is 0 Å². The Bertz CT molecular complexity index is 597. The van der Waals surface area contributed by atoms with E-state index in [9.17, 15) is 4.79 Å². The largest absolute Gasteiger partial charge is 0.298 e. The van der Waals surface area contributed by atoms with Crippen molar-refractivity contribution in [2.45, 2.75) is 31.5 Å². The highest BCUT2D eigenvalue weighted by Gasteiger charge is 2.43. The van der Waals surface area contributed by atoms with Gasteiger partial charge in [-0.1, -0.05) is 42.4 Å². The van der Waals surface area contributed by atoms with Crippen LogP contribution in [-0.4, -0.2) is 14.1 Å². The molecular weight excluding hydrogens is 219 g/mol. The van der Waals surface area contributed by atoms with Gasteiger partial charge in [0.1, 0.15) is 14.1 Å². The molecule has 1 aromatic rings. The molecule has 2 heteroatoms. The van der Waals surface area contributed by atoms with Gasteiger partial charge >= 0.3 is 0 Å². The highest BCUT2D eigenvalue weighted by molar-refractivity contribution is 6.16. The predicted octanol–water partition coefficient (Wildman–Crippen LogP) is 2.72. The topological polar surface area (TPSA) is 17.1 Å². The molecule has 0 spiro atoms. The second-order valence-electron chi connectivity index (χ2n) is 5.77. The predicted molar refractivity (Wildman–Crippen MR) is 76.9 cm³/mol. The van der Waals surface area contributed by atoms with Gasteiger partial charge < -0.3 is 0 Å². The summed E-state index contributed by atoms with van der Waals surface area (Å²) in [7, 11) is 2.25. The standard InChI is InChI=1S/C16H17BO/c1-10-5-6-16(2)13-4-3-11(9-18)8-12(13)15(17)14(16)7-10/h3-5,7-9,15H,6,17H2,1-2H3. The van der Waals surface area contributed by atoms with Crippen LogP contribution in [0.3, 0.4) is 0 Å². The molecule has 0 saturated heterocycles. The van der Waals surface area contributed by atoms with E-state index in [-0.39, 0.29) is 5.41 Å². The third kappa shape index (κ3) is 1.38. The van der Waals surface area contributed by atoms with Gasteiger partial charge in [-0.25, -0.2) is 0 Å². The number of hydrogen-bond acceptors (Lipinski definition) is 1. The first-order chi connectivity index (χ1) is 8.56. The van der Waals surface area contributed by atoms with Crippen molar-refractivity contribution >= 4 is 14.1 Å². The first-order valence-corrected chi connectivity index (χ1v) is 6.54. The lowest BCUT2D eigenvalue weighted by Crippen LogP contribution is -2.23. The zero-order chi connectivity index (χ0) is 12.9. The molecule has 2 aliphatic carbocycles. The van der Waals surface area contributed by atoms with Crippen LogP contribution in [0.1, 0.15) is 47.6 Å². The number of aldehydes is 1. The molecule has 0 heterocycles. The number of carbonyl (C=O) groups is 1. The fourth-order valence-corrected chi connectivity index (χ4v) is 3.50. The van der Waals surface area contributed by atoms with Gasteiger partial charge in [-0.05, 0) is 36.4 Å². The minimum absolute atomic E-state index is 0.135. The summed E-state index contributed by atoms with van der Waals surface area (Å²) < 4.78 is 0. The Morgan fingerprint density at radius 1 is 1.44 bits per heavy atom. The second-order valence-corrected chi connectivity index (χ2v) is 5.77. The lowest BCUT2D eigenvalue weighted by Gasteiger charge is -2.31. The molecule has 0 fully saturated rings. The van der Waals surface area contributed by atoms with Crippen LogP contribution in [0.4, 0.5) is 0 Å². The molecule has 0 aliphatic heterocycles. The van der Waals surface area contributed by atoms with Crippen LogP contribution in [0.15, 0.2) is 41.5 Å². The molecule has 0 amide bonds.